The Balaban J connectivity index is 2.11. The van der Waals surface area contributed by atoms with Gasteiger partial charge in [-0.3, -0.25) is 0 Å². The number of rotatable bonds is 1. The quantitative estimate of drug-likeness (QED) is 0.324. The van der Waals surface area contributed by atoms with E-state index in [-0.39, 0.29) is 0 Å². The summed E-state index contributed by atoms with van der Waals surface area (Å²) < 4.78 is 6.44. The second-order valence-corrected chi connectivity index (χ2v) is 8.13. The minimum absolute atomic E-state index is 1.27. The lowest BCUT2D eigenvalue weighted by molar-refractivity contribution is -0.660. The molecule has 1 nitrogen and oxygen atoms in total. The first-order chi connectivity index (χ1) is 11.8. The third kappa shape index (κ3) is 1.83. The average Bonchev–Trinajstić information content (AvgIpc) is 3.21. The van der Waals surface area contributed by atoms with Crippen LogP contribution in [-0.4, -0.2) is 0 Å². The van der Waals surface area contributed by atoms with E-state index in [1.54, 1.807) is 0 Å². The molecule has 0 spiro atoms. The highest BCUT2D eigenvalue weighted by molar-refractivity contribution is 7.30. The molecule has 0 atom stereocenters. The molecule has 2 aromatic carbocycles. The molecule has 0 radical (unpaired) electrons. The highest BCUT2D eigenvalue weighted by Gasteiger charge is 2.22. The predicted octanol–water partition coefficient (Wildman–Crippen LogP) is 6.07. The van der Waals surface area contributed by atoms with E-state index in [9.17, 15) is 0 Å². The van der Waals surface area contributed by atoms with Crippen LogP contribution in [0, 0.1) is 6.92 Å². The van der Waals surface area contributed by atoms with Crippen LogP contribution in [0.15, 0.2) is 60.1 Å². The summed E-state index contributed by atoms with van der Waals surface area (Å²) in [5.74, 6) is 0. The summed E-state index contributed by atoms with van der Waals surface area (Å²) in [5.41, 5.74) is 4.03. The van der Waals surface area contributed by atoms with E-state index in [0.717, 1.165) is 0 Å². The highest BCUT2D eigenvalue weighted by Crippen LogP contribution is 2.46. The van der Waals surface area contributed by atoms with E-state index in [1.165, 1.54) is 47.1 Å². The number of thiophene rings is 2. The number of aryl methyl sites for hydroxylation is 2. The number of benzene rings is 2. The van der Waals surface area contributed by atoms with E-state index >= 15 is 0 Å². The fraction of sp³-hybridized carbons (Fsp3) is 0.0952. The van der Waals surface area contributed by atoms with Crippen LogP contribution in [0.1, 0.15) is 5.56 Å². The molecular weight excluding hydrogens is 330 g/mol. The summed E-state index contributed by atoms with van der Waals surface area (Å²) in [7, 11) is 2.13. The first-order valence-corrected chi connectivity index (χ1v) is 9.71. The molecule has 0 amide bonds. The molecule has 0 saturated carbocycles. The van der Waals surface area contributed by atoms with Crippen molar-refractivity contribution in [1.82, 2.24) is 0 Å². The Labute approximate surface area is 148 Å². The van der Waals surface area contributed by atoms with Crippen LogP contribution in [0.25, 0.3) is 41.5 Å². The third-order valence-electron chi connectivity index (χ3n) is 4.81. The molecule has 0 aliphatic carbocycles. The second kappa shape index (κ2) is 5.13. The van der Waals surface area contributed by atoms with Gasteiger partial charge in [0.25, 0.3) is 0 Å². The molecule has 0 fully saturated rings. The van der Waals surface area contributed by atoms with Crippen molar-refractivity contribution in [2.45, 2.75) is 6.92 Å². The summed E-state index contributed by atoms with van der Waals surface area (Å²) in [6.45, 7) is 2.27. The Morgan fingerprint density at radius 1 is 0.875 bits per heavy atom. The molecule has 0 bridgehead atoms. The van der Waals surface area contributed by atoms with Gasteiger partial charge in [-0.2, -0.15) is 0 Å². The topological polar surface area (TPSA) is 3.88 Å². The van der Waals surface area contributed by atoms with Gasteiger partial charge >= 0.3 is 0 Å². The van der Waals surface area contributed by atoms with Crippen LogP contribution in [0.5, 0.6) is 0 Å². The van der Waals surface area contributed by atoms with Crippen molar-refractivity contribution < 1.29 is 4.57 Å². The predicted molar refractivity (Wildman–Crippen MR) is 106 cm³/mol. The minimum Gasteiger partial charge on any atom is -0.201 e. The summed E-state index contributed by atoms with van der Waals surface area (Å²) in [5, 5.41) is 6.38. The smallest absolute Gasteiger partial charge is 0.201 e. The number of nitrogens with zero attached hydrogens (tertiary/aromatic N) is 1. The zero-order valence-electron chi connectivity index (χ0n) is 13.5. The minimum atomic E-state index is 1.27. The lowest BCUT2D eigenvalue weighted by Crippen LogP contribution is -2.30. The van der Waals surface area contributed by atoms with Crippen LogP contribution in [0.3, 0.4) is 0 Å². The lowest BCUT2D eigenvalue weighted by Gasteiger charge is -2.09. The van der Waals surface area contributed by atoms with Crippen LogP contribution in [-0.2, 0) is 7.05 Å². The summed E-state index contributed by atoms with van der Waals surface area (Å²) >= 11 is 3.78. The van der Waals surface area contributed by atoms with Crippen LogP contribution < -0.4 is 4.57 Å². The lowest BCUT2D eigenvalue weighted by atomic mass is 9.95. The van der Waals surface area contributed by atoms with Crippen LogP contribution >= 0.6 is 22.7 Å². The monoisotopic (exact) mass is 346 g/mol. The van der Waals surface area contributed by atoms with E-state index in [1.807, 2.05) is 22.7 Å². The van der Waals surface area contributed by atoms with E-state index in [0.29, 0.717) is 0 Å². The van der Waals surface area contributed by atoms with Crippen molar-refractivity contribution in [3.05, 3.63) is 65.7 Å². The van der Waals surface area contributed by atoms with Gasteiger partial charge in [0.15, 0.2) is 6.20 Å². The third-order valence-corrected chi connectivity index (χ3v) is 7.06. The van der Waals surface area contributed by atoms with E-state index in [4.69, 9.17) is 0 Å². The van der Waals surface area contributed by atoms with E-state index < -0.39 is 0 Å². The zero-order valence-corrected chi connectivity index (χ0v) is 15.2. The molecule has 3 heterocycles. The average molecular weight is 347 g/mol. The van der Waals surface area contributed by atoms with Gasteiger partial charge in [-0.05, 0) is 41.5 Å². The molecule has 0 aliphatic rings. The molecule has 0 aliphatic heterocycles. The Morgan fingerprint density at radius 3 is 2.58 bits per heavy atom. The van der Waals surface area contributed by atoms with Crippen molar-refractivity contribution in [1.29, 1.82) is 0 Å². The molecule has 0 N–H and O–H groups in total. The highest BCUT2D eigenvalue weighted by atomic mass is 32.1. The van der Waals surface area contributed by atoms with Crippen molar-refractivity contribution in [2.24, 2.45) is 7.05 Å². The SMILES string of the molecule is Cc1c(-c2cccc[n+]2C)c2c3ccccc3sc2c2sccc12. The van der Waals surface area contributed by atoms with Crippen LogP contribution in [0.2, 0.25) is 0 Å². The van der Waals surface area contributed by atoms with Crippen molar-refractivity contribution in [3.8, 4) is 11.3 Å². The van der Waals surface area contributed by atoms with Gasteiger partial charge in [-0.25, -0.2) is 4.57 Å². The molecule has 0 saturated heterocycles. The van der Waals surface area contributed by atoms with Crippen molar-refractivity contribution in [3.63, 3.8) is 0 Å². The molecule has 5 aromatic rings. The Hall–Kier alpha value is -2.23. The van der Waals surface area contributed by atoms with Gasteiger partial charge in [0.1, 0.15) is 7.05 Å². The first-order valence-electron chi connectivity index (χ1n) is 8.02. The van der Waals surface area contributed by atoms with Gasteiger partial charge in [0.05, 0.1) is 15.0 Å². The molecule has 24 heavy (non-hydrogen) atoms. The number of fused-ring (bicyclic) bond motifs is 5. The molecule has 0 unspecified atom stereocenters. The summed E-state index contributed by atoms with van der Waals surface area (Å²) in [4.78, 5) is 0. The fourth-order valence-corrected chi connectivity index (χ4v) is 5.99. The standard InChI is InChI=1S/C21H16NS2/c1-13-14-10-12-23-20(14)21-19(15-7-3-4-9-17(15)24-21)18(13)16-8-5-6-11-22(16)2/h3-12H,1-2H3/q+1. The Morgan fingerprint density at radius 2 is 1.71 bits per heavy atom. The molecular formula is C21H16NS2+. The maximum atomic E-state index is 2.27. The molecule has 116 valence electrons. The van der Waals surface area contributed by atoms with Crippen molar-refractivity contribution in [2.75, 3.05) is 0 Å². The molecule has 3 aromatic heterocycles. The maximum Gasteiger partial charge on any atom is 0.213 e. The van der Waals surface area contributed by atoms with Gasteiger partial charge in [-0.15, -0.1) is 22.7 Å². The van der Waals surface area contributed by atoms with Crippen molar-refractivity contribution >= 4 is 52.9 Å². The Bertz CT molecular complexity index is 1230. The number of pyridine rings is 1. The van der Waals surface area contributed by atoms with Gasteiger partial charge < -0.3 is 0 Å². The second-order valence-electron chi connectivity index (χ2n) is 6.16. The zero-order chi connectivity index (χ0) is 16.3. The maximum absolute atomic E-state index is 2.27. The molecule has 5 rings (SSSR count). The normalized spacial score (nSPS) is 11.8. The van der Waals surface area contributed by atoms with Crippen LogP contribution in [0.4, 0.5) is 0 Å². The van der Waals surface area contributed by atoms with E-state index in [2.05, 4.69) is 78.6 Å². The number of hydrogen-bond donors (Lipinski definition) is 0. The summed E-state index contributed by atoms with van der Waals surface area (Å²) in [6, 6.07) is 17.5. The van der Waals surface area contributed by atoms with Gasteiger partial charge in [0, 0.05) is 27.6 Å². The summed E-state index contributed by atoms with van der Waals surface area (Å²) in [6.07, 6.45) is 2.13. The fourth-order valence-electron chi connectivity index (χ4n) is 3.66. The first kappa shape index (κ1) is 14.1. The number of hydrogen-bond acceptors (Lipinski definition) is 2. The van der Waals surface area contributed by atoms with Gasteiger partial charge in [0.2, 0.25) is 5.69 Å². The Kier molecular flexibility index (Phi) is 3.02. The molecule has 3 heteroatoms. The van der Waals surface area contributed by atoms with Gasteiger partial charge in [-0.1, -0.05) is 18.2 Å². The largest absolute Gasteiger partial charge is 0.213 e. The number of aromatic nitrogens is 1.